The summed E-state index contributed by atoms with van der Waals surface area (Å²) in [5, 5.41) is 22.9. The molecule has 0 radical (unpaired) electrons. The molecule has 0 spiro atoms. The summed E-state index contributed by atoms with van der Waals surface area (Å²) in [6.45, 7) is 11.8. The minimum atomic E-state index is -0.612. The SMILES string of the molecule is CC1(C)COC(C)([C@H]2CCC3C4CCC5C[C@@H](O[N+](=O)[O-])CC[C@]5(C)C4CC[C@@]32C)N1O. The summed E-state index contributed by atoms with van der Waals surface area (Å²) in [5.74, 6) is 2.97. The molecule has 0 aromatic carbocycles. The fourth-order valence-electron chi connectivity index (χ4n) is 9.61. The number of hydrogen-bond acceptors (Lipinski definition) is 6. The largest absolute Gasteiger partial charge is 0.356 e. The first kappa shape index (κ1) is 22.9. The van der Waals surface area contributed by atoms with Gasteiger partial charge in [0.25, 0.3) is 5.09 Å². The summed E-state index contributed by atoms with van der Waals surface area (Å²) in [5.41, 5.74) is -0.501. The van der Waals surface area contributed by atoms with Gasteiger partial charge in [0.1, 0.15) is 11.8 Å². The molecule has 4 saturated carbocycles. The molecule has 9 atom stereocenters. The molecule has 5 unspecified atom stereocenters. The van der Waals surface area contributed by atoms with Crippen molar-refractivity contribution in [1.82, 2.24) is 5.06 Å². The summed E-state index contributed by atoms with van der Waals surface area (Å²) in [4.78, 5) is 15.9. The molecule has 4 aliphatic carbocycles. The van der Waals surface area contributed by atoms with Crippen molar-refractivity contribution < 1.29 is 19.9 Å². The number of fused-ring (bicyclic) bond motifs is 5. The summed E-state index contributed by atoms with van der Waals surface area (Å²) < 4.78 is 6.36. The third-order valence-corrected chi connectivity index (χ3v) is 11.2. The van der Waals surface area contributed by atoms with Crippen molar-refractivity contribution in [3.8, 4) is 0 Å². The minimum Gasteiger partial charge on any atom is -0.356 e. The monoisotopic (exact) mass is 450 g/mol. The van der Waals surface area contributed by atoms with Crippen LogP contribution < -0.4 is 0 Å². The lowest BCUT2D eigenvalue weighted by Crippen LogP contribution is -2.59. The molecule has 32 heavy (non-hydrogen) atoms. The standard InChI is InChI=1S/C25H42N2O5/c1-22(2)15-31-25(5,26(22)28)21-9-8-19-18-7-6-16-14-17(32-27(29)30)10-12-23(16,3)20(18)11-13-24(19,21)4/h16-21,28H,6-15H2,1-5H3/t16?,17-,18?,19?,20?,21-,23-,24-,25?/m0/s1. The van der Waals surface area contributed by atoms with Gasteiger partial charge >= 0.3 is 0 Å². The Labute approximate surface area is 192 Å². The molecule has 7 nitrogen and oxygen atoms in total. The van der Waals surface area contributed by atoms with E-state index < -0.39 is 10.8 Å². The van der Waals surface area contributed by atoms with Crippen LogP contribution in [-0.2, 0) is 9.57 Å². The molecule has 0 aromatic heterocycles. The first-order chi connectivity index (χ1) is 14.9. The first-order valence-electron chi connectivity index (χ1n) is 12.9. The van der Waals surface area contributed by atoms with E-state index in [1.807, 2.05) is 0 Å². The molecular weight excluding hydrogens is 408 g/mol. The van der Waals surface area contributed by atoms with Crippen LogP contribution in [-0.4, -0.2) is 39.3 Å². The molecule has 5 fully saturated rings. The van der Waals surface area contributed by atoms with E-state index in [9.17, 15) is 15.3 Å². The van der Waals surface area contributed by atoms with Gasteiger partial charge in [-0.15, -0.1) is 10.1 Å². The topological polar surface area (TPSA) is 85.1 Å². The van der Waals surface area contributed by atoms with E-state index in [0.29, 0.717) is 30.3 Å². The highest BCUT2D eigenvalue weighted by Gasteiger charge is 2.66. The van der Waals surface area contributed by atoms with Crippen molar-refractivity contribution in [3.63, 3.8) is 0 Å². The summed E-state index contributed by atoms with van der Waals surface area (Å²) >= 11 is 0. The zero-order valence-corrected chi connectivity index (χ0v) is 20.5. The van der Waals surface area contributed by atoms with Crippen LogP contribution in [0.2, 0.25) is 0 Å². The Kier molecular flexibility index (Phi) is 5.20. The fourth-order valence-corrected chi connectivity index (χ4v) is 9.61. The van der Waals surface area contributed by atoms with Crippen LogP contribution in [0.15, 0.2) is 0 Å². The van der Waals surface area contributed by atoms with E-state index in [4.69, 9.17) is 9.57 Å². The van der Waals surface area contributed by atoms with Crippen LogP contribution >= 0.6 is 0 Å². The molecular formula is C25H42N2O5. The van der Waals surface area contributed by atoms with Gasteiger partial charge in [0.15, 0.2) is 0 Å². The van der Waals surface area contributed by atoms with Gasteiger partial charge in [0.05, 0.1) is 12.1 Å². The normalized spacial score (nSPS) is 52.7. The summed E-state index contributed by atoms with van der Waals surface area (Å²) in [6, 6.07) is 0. The molecule has 5 aliphatic rings. The van der Waals surface area contributed by atoms with Crippen LogP contribution in [0.1, 0.15) is 92.4 Å². The minimum absolute atomic E-state index is 0.187. The third-order valence-electron chi connectivity index (χ3n) is 11.2. The van der Waals surface area contributed by atoms with Gasteiger partial charge in [-0.2, -0.15) is 5.06 Å². The van der Waals surface area contributed by atoms with Crippen molar-refractivity contribution in [2.24, 2.45) is 40.4 Å². The van der Waals surface area contributed by atoms with Crippen molar-refractivity contribution >= 4 is 0 Å². The number of nitrogens with zero attached hydrogens (tertiary/aromatic N) is 2. The zero-order valence-electron chi connectivity index (χ0n) is 20.5. The van der Waals surface area contributed by atoms with Crippen molar-refractivity contribution in [2.45, 2.75) is 110 Å². The number of hydrogen-bond donors (Lipinski definition) is 1. The lowest BCUT2D eigenvalue weighted by atomic mass is 9.44. The molecule has 0 aromatic rings. The molecule has 5 rings (SSSR count). The van der Waals surface area contributed by atoms with E-state index in [2.05, 4.69) is 34.6 Å². The second-order valence-electron chi connectivity index (χ2n) is 13.0. The van der Waals surface area contributed by atoms with Gasteiger partial charge in [-0.1, -0.05) is 13.8 Å². The second kappa shape index (κ2) is 7.29. The molecule has 1 aliphatic heterocycles. The second-order valence-corrected chi connectivity index (χ2v) is 13.0. The molecule has 7 heteroatoms. The maximum absolute atomic E-state index is 11.1. The van der Waals surface area contributed by atoms with E-state index in [-0.39, 0.29) is 22.5 Å². The maximum atomic E-state index is 11.1. The smallest absolute Gasteiger partial charge is 0.294 e. The quantitative estimate of drug-likeness (QED) is 0.455. The first-order valence-corrected chi connectivity index (χ1v) is 12.9. The maximum Gasteiger partial charge on any atom is 0.294 e. The Hall–Kier alpha value is -0.920. The Morgan fingerprint density at radius 3 is 2.31 bits per heavy atom. The Morgan fingerprint density at radius 2 is 1.66 bits per heavy atom. The number of hydroxylamine groups is 2. The zero-order chi connectivity index (χ0) is 23.1. The predicted octanol–water partition coefficient (Wildman–Crippen LogP) is 5.44. The molecule has 0 bridgehead atoms. The highest BCUT2D eigenvalue weighted by atomic mass is 17.0. The fraction of sp³-hybridized carbons (Fsp3) is 1.00. The molecule has 0 amide bonds. The van der Waals surface area contributed by atoms with E-state index in [1.54, 1.807) is 0 Å². The van der Waals surface area contributed by atoms with E-state index in [0.717, 1.165) is 31.6 Å². The number of ether oxygens (including phenoxy) is 1. The highest BCUT2D eigenvalue weighted by molar-refractivity contribution is 5.12. The average molecular weight is 451 g/mol. The van der Waals surface area contributed by atoms with E-state index in [1.165, 1.54) is 37.2 Å². The van der Waals surface area contributed by atoms with Crippen LogP contribution in [0, 0.1) is 50.5 Å². The Morgan fingerprint density at radius 1 is 0.969 bits per heavy atom. The molecule has 1 heterocycles. The molecule has 182 valence electrons. The van der Waals surface area contributed by atoms with Gasteiger partial charge in [0, 0.05) is 5.92 Å². The number of rotatable bonds is 3. The van der Waals surface area contributed by atoms with Gasteiger partial charge in [0.2, 0.25) is 0 Å². The van der Waals surface area contributed by atoms with Crippen molar-refractivity contribution in [2.75, 3.05) is 6.61 Å². The summed E-state index contributed by atoms with van der Waals surface area (Å²) in [7, 11) is 0. The lowest BCUT2D eigenvalue weighted by molar-refractivity contribution is -0.770. The van der Waals surface area contributed by atoms with Crippen LogP contribution in [0.3, 0.4) is 0 Å². The van der Waals surface area contributed by atoms with Crippen LogP contribution in [0.25, 0.3) is 0 Å². The van der Waals surface area contributed by atoms with Crippen LogP contribution in [0.5, 0.6) is 0 Å². The molecule has 1 saturated heterocycles. The van der Waals surface area contributed by atoms with Gasteiger partial charge < -0.3 is 14.8 Å². The lowest BCUT2D eigenvalue weighted by Gasteiger charge is -2.61. The Balaban J connectivity index is 1.36. The predicted molar refractivity (Wildman–Crippen MR) is 119 cm³/mol. The van der Waals surface area contributed by atoms with Crippen LogP contribution in [0.4, 0.5) is 0 Å². The van der Waals surface area contributed by atoms with Gasteiger partial charge in [-0.05, 0) is 113 Å². The van der Waals surface area contributed by atoms with Gasteiger partial charge in [-0.25, -0.2) is 0 Å². The highest BCUT2D eigenvalue weighted by Crippen LogP contribution is 2.69. The average Bonchev–Trinajstić information content (AvgIpc) is 3.18. The third kappa shape index (κ3) is 3.09. The van der Waals surface area contributed by atoms with E-state index >= 15 is 0 Å². The Bertz CT molecular complexity index is 775. The molecule has 1 N–H and O–H groups in total. The van der Waals surface area contributed by atoms with Gasteiger partial charge in [-0.3, -0.25) is 0 Å². The van der Waals surface area contributed by atoms with Crippen molar-refractivity contribution in [3.05, 3.63) is 10.1 Å². The van der Waals surface area contributed by atoms with Crippen molar-refractivity contribution in [1.29, 1.82) is 0 Å². The summed E-state index contributed by atoms with van der Waals surface area (Å²) in [6.07, 6.45) is 9.63.